The Kier molecular flexibility index (Phi) is 9.64. The predicted octanol–water partition coefficient (Wildman–Crippen LogP) is 4.82. The van der Waals surface area contributed by atoms with E-state index in [1.54, 1.807) is 24.3 Å². The van der Waals surface area contributed by atoms with E-state index in [0.717, 1.165) is 37.7 Å². The summed E-state index contributed by atoms with van der Waals surface area (Å²) in [5.74, 6) is 0.456. The van der Waals surface area contributed by atoms with Gasteiger partial charge in [-0.05, 0) is 83.7 Å². The maximum absolute atomic E-state index is 13.6. The van der Waals surface area contributed by atoms with Crippen LogP contribution >= 0.6 is 12.1 Å². The number of carbonyl (C=O) groups is 1. The minimum Gasteiger partial charge on any atom is -0.447 e. The van der Waals surface area contributed by atoms with Gasteiger partial charge in [0, 0.05) is 37.2 Å². The van der Waals surface area contributed by atoms with Gasteiger partial charge in [0.05, 0.1) is 18.8 Å². The van der Waals surface area contributed by atoms with Gasteiger partial charge in [0.2, 0.25) is 0 Å². The molecule has 0 bridgehead atoms. The lowest BCUT2D eigenvalue weighted by atomic mass is 9.82. The number of hydrogen-bond donors (Lipinski definition) is 1. The number of nitrogens with zero attached hydrogens (tertiary/aromatic N) is 2. The van der Waals surface area contributed by atoms with E-state index in [9.17, 15) is 9.18 Å². The number of likely N-dealkylation sites (tertiary alicyclic amines) is 1. The summed E-state index contributed by atoms with van der Waals surface area (Å²) in [5.41, 5.74) is 1.10. The molecule has 1 aliphatic carbocycles. The minimum absolute atomic E-state index is 0.120. The number of nitrogens with one attached hydrogen (secondary N) is 1. The average Bonchev–Trinajstić information content (AvgIpc) is 2.76. The third-order valence-corrected chi connectivity index (χ3v) is 7.03. The second-order valence-electron chi connectivity index (χ2n) is 9.42. The highest BCUT2D eigenvalue weighted by Gasteiger charge is 2.34. The van der Waals surface area contributed by atoms with E-state index >= 15 is 0 Å². The molecule has 3 rings (SSSR count). The maximum Gasteiger partial charge on any atom is 0.410 e. The molecule has 2 fully saturated rings. The highest BCUT2D eigenvalue weighted by molar-refractivity contribution is 7.95. The van der Waals surface area contributed by atoms with Crippen LogP contribution in [0.4, 0.5) is 9.18 Å². The van der Waals surface area contributed by atoms with Crippen molar-refractivity contribution in [2.75, 3.05) is 33.8 Å². The zero-order valence-electron chi connectivity index (χ0n) is 19.8. The Morgan fingerprint density at radius 3 is 2.66 bits per heavy atom. The van der Waals surface area contributed by atoms with E-state index in [1.165, 1.54) is 6.07 Å². The van der Waals surface area contributed by atoms with E-state index in [1.807, 2.05) is 43.2 Å². The molecule has 0 spiro atoms. The monoisotopic (exact) mass is 467 g/mol. The smallest absolute Gasteiger partial charge is 0.410 e. The minimum atomic E-state index is -0.237. The van der Waals surface area contributed by atoms with E-state index in [-0.39, 0.29) is 36.1 Å². The summed E-state index contributed by atoms with van der Waals surface area (Å²) in [7, 11) is 4.02. The second-order valence-corrected chi connectivity index (χ2v) is 10.6. The first-order chi connectivity index (χ1) is 15.3. The van der Waals surface area contributed by atoms with Crippen LogP contribution in [-0.4, -0.2) is 67.3 Å². The molecule has 1 saturated carbocycles. The van der Waals surface area contributed by atoms with Gasteiger partial charge in [0.1, 0.15) is 5.82 Å². The highest BCUT2D eigenvalue weighted by Crippen LogP contribution is 2.34. The Labute approximate surface area is 196 Å². The van der Waals surface area contributed by atoms with Crippen molar-refractivity contribution in [3.8, 4) is 0 Å². The quantitative estimate of drug-likeness (QED) is 0.554. The number of halogens is 1. The van der Waals surface area contributed by atoms with Crippen molar-refractivity contribution in [3.63, 3.8) is 0 Å². The summed E-state index contributed by atoms with van der Waals surface area (Å²) < 4.78 is 30.9. The Morgan fingerprint density at radius 1 is 1.25 bits per heavy atom. The van der Waals surface area contributed by atoms with E-state index in [4.69, 9.17) is 9.47 Å². The largest absolute Gasteiger partial charge is 0.447 e. The molecule has 1 aliphatic heterocycles. The third kappa shape index (κ3) is 7.61. The van der Waals surface area contributed by atoms with Crippen molar-refractivity contribution < 1.29 is 18.7 Å². The molecule has 1 heterocycles. The molecule has 8 heteroatoms. The molecule has 1 unspecified atom stereocenters. The molecule has 1 aromatic carbocycles. The normalized spacial score (nSPS) is 26.5. The molecule has 0 radical (unpaired) electrons. The lowest BCUT2D eigenvalue weighted by Crippen LogP contribution is -2.52. The summed E-state index contributed by atoms with van der Waals surface area (Å²) >= 11 is 1.58. The van der Waals surface area contributed by atoms with Crippen molar-refractivity contribution in [2.45, 2.75) is 70.1 Å². The van der Waals surface area contributed by atoms with E-state index in [2.05, 4.69) is 4.72 Å². The number of amides is 1. The van der Waals surface area contributed by atoms with Gasteiger partial charge in [-0.25, -0.2) is 18.2 Å². The standard InChI is InChI=1S/C24H38FN3O3S/c1-17(2)31-24(29)28-13-12-23(26-32-27(3)4)20(15-28)16-30-22-10-8-18(9-11-22)19-6-5-7-21(25)14-19/h5-7,14,17-18,20,22-23,26H,8-13,15-16H2,1-4H3/t18?,20-,22?,23?/m0/s1. The lowest BCUT2D eigenvalue weighted by Gasteiger charge is -2.39. The fraction of sp³-hybridized carbons (Fsp3) is 0.708. The summed E-state index contributed by atoms with van der Waals surface area (Å²) in [6.45, 7) is 5.69. The molecule has 1 saturated heterocycles. The van der Waals surface area contributed by atoms with Crippen molar-refractivity contribution in [1.29, 1.82) is 0 Å². The number of hydrogen-bond acceptors (Lipinski definition) is 6. The molecular formula is C24H38FN3O3S. The maximum atomic E-state index is 13.6. The first-order valence-electron chi connectivity index (χ1n) is 11.7. The van der Waals surface area contributed by atoms with Crippen LogP contribution in [0.2, 0.25) is 0 Å². The van der Waals surface area contributed by atoms with Crippen LogP contribution in [0, 0.1) is 11.7 Å². The molecule has 1 aromatic rings. The van der Waals surface area contributed by atoms with Gasteiger partial charge in [-0.1, -0.05) is 12.1 Å². The van der Waals surface area contributed by atoms with Crippen LogP contribution in [0.5, 0.6) is 0 Å². The fourth-order valence-corrected chi connectivity index (χ4v) is 5.21. The first kappa shape index (κ1) is 25.3. The molecule has 0 aromatic heterocycles. The summed E-state index contributed by atoms with van der Waals surface area (Å²) in [6.07, 6.45) is 4.74. The van der Waals surface area contributed by atoms with Gasteiger partial charge < -0.3 is 14.4 Å². The van der Waals surface area contributed by atoms with Crippen LogP contribution in [0.15, 0.2) is 24.3 Å². The SMILES string of the molecule is CC(C)OC(=O)N1CCC(NSN(C)C)[C@H](COC2CCC(c3cccc(F)c3)CC2)C1. The molecule has 2 aliphatic rings. The molecule has 6 nitrogen and oxygen atoms in total. The van der Waals surface area contributed by atoms with Crippen LogP contribution in [-0.2, 0) is 9.47 Å². The Bertz CT molecular complexity index is 728. The van der Waals surface area contributed by atoms with E-state index in [0.29, 0.717) is 25.6 Å². The van der Waals surface area contributed by atoms with Gasteiger partial charge in [-0.2, -0.15) is 0 Å². The summed E-state index contributed by atoms with van der Waals surface area (Å²) in [4.78, 5) is 14.2. The topological polar surface area (TPSA) is 54.0 Å². The molecule has 2 atom stereocenters. The zero-order chi connectivity index (χ0) is 23.1. The van der Waals surface area contributed by atoms with Gasteiger partial charge in [-0.3, -0.25) is 0 Å². The van der Waals surface area contributed by atoms with Gasteiger partial charge >= 0.3 is 6.09 Å². The number of piperidine rings is 1. The highest BCUT2D eigenvalue weighted by atomic mass is 32.2. The fourth-order valence-electron chi connectivity index (χ4n) is 4.55. The molecule has 32 heavy (non-hydrogen) atoms. The summed E-state index contributed by atoms with van der Waals surface area (Å²) in [5, 5.41) is 0. The van der Waals surface area contributed by atoms with Crippen molar-refractivity contribution in [3.05, 3.63) is 35.6 Å². The predicted molar refractivity (Wildman–Crippen MR) is 127 cm³/mol. The number of rotatable bonds is 8. The van der Waals surface area contributed by atoms with Crippen molar-refractivity contribution >= 4 is 18.2 Å². The Hall–Kier alpha value is -1.35. The van der Waals surface area contributed by atoms with Crippen LogP contribution in [0.25, 0.3) is 0 Å². The summed E-state index contributed by atoms with van der Waals surface area (Å²) in [6, 6.07) is 7.26. The van der Waals surface area contributed by atoms with Gasteiger partial charge in [0.15, 0.2) is 0 Å². The zero-order valence-corrected chi connectivity index (χ0v) is 20.6. The number of carbonyl (C=O) groups excluding carboxylic acids is 1. The second kappa shape index (κ2) is 12.2. The lowest BCUT2D eigenvalue weighted by molar-refractivity contribution is -0.0181. The Morgan fingerprint density at radius 2 is 2.00 bits per heavy atom. The van der Waals surface area contributed by atoms with Crippen LogP contribution in [0.3, 0.4) is 0 Å². The Balaban J connectivity index is 1.51. The van der Waals surface area contributed by atoms with Crippen molar-refractivity contribution in [1.82, 2.24) is 13.9 Å². The van der Waals surface area contributed by atoms with Gasteiger partial charge in [-0.15, -0.1) is 0 Å². The molecule has 180 valence electrons. The third-order valence-electron chi connectivity index (χ3n) is 6.26. The molecular weight excluding hydrogens is 429 g/mol. The number of ether oxygens (including phenoxy) is 2. The molecule has 1 N–H and O–H groups in total. The van der Waals surface area contributed by atoms with E-state index < -0.39 is 0 Å². The van der Waals surface area contributed by atoms with Crippen LogP contribution in [0.1, 0.15) is 57.4 Å². The van der Waals surface area contributed by atoms with Gasteiger partial charge in [0.25, 0.3) is 0 Å². The first-order valence-corrected chi connectivity index (χ1v) is 12.5. The molecule has 1 amide bonds. The number of benzene rings is 1. The van der Waals surface area contributed by atoms with Crippen LogP contribution < -0.4 is 4.72 Å². The van der Waals surface area contributed by atoms with Crippen molar-refractivity contribution in [2.24, 2.45) is 5.92 Å². The average molecular weight is 468 g/mol.